The number of ether oxygens (including phenoxy) is 2. The van der Waals surface area contributed by atoms with Crippen molar-refractivity contribution in [2.24, 2.45) is 7.05 Å². The predicted octanol–water partition coefficient (Wildman–Crippen LogP) is 4.20. The molecule has 36 heavy (non-hydrogen) atoms. The summed E-state index contributed by atoms with van der Waals surface area (Å²) in [5.41, 5.74) is 0.624. The van der Waals surface area contributed by atoms with Crippen LogP contribution >= 0.6 is 34.7 Å². The molecule has 0 fully saturated rings. The number of halogens is 1. The van der Waals surface area contributed by atoms with Gasteiger partial charge in [-0.15, -0.1) is 21.5 Å². The van der Waals surface area contributed by atoms with Crippen molar-refractivity contribution in [2.75, 3.05) is 32.3 Å². The van der Waals surface area contributed by atoms with Crippen molar-refractivity contribution in [2.45, 2.75) is 25.1 Å². The fourth-order valence-electron chi connectivity index (χ4n) is 3.25. The fraction of sp³-hybridized carbons (Fsp3) is 0.348. The summed E-state index contributed by atoms with van der Waals surface area (Å²) in [6, 6.07) is 7.06. The van der Waals surface area contributed by atoms with Crippen molar-refractivity contribution in [1.29, 1.82) is 0 Å². The molecule has 0 aliphatic rings. The van der Waals surface area contributed by atoms with Crippen molar-refractivity contribution in [3.05, 3.63) is 51.1 Å². The topological polar surface area (TPSA) is 116 Å². The Bertz CT molecular complexity index is 1290. The zero-order chi connectivity index (χ0) is 26.6. The number of thioether (sulfide) groups is 1. The molecule has 0 bridgehead atoms. The molecule has 3 aromatic rings. The third kappa shape index (κ3) is 6.18. The second kappa shape index (κ2) is 11.8. The highest BCUT2D eigenvalue weighted by Gasteiger charge is 2.27. The van der Waals surface area contributed by atoms with Gasteiger partial charge < -0.3 is 24.3 Å². The zero-order valence-electron chi connectivity index (χ0n) is 20.6. The van der Waals surface area contributed by atoms with Crippen molar-refractivity contribution in [3.63, 3.8) is 0 Å². The number of hydrogen-bond acceptors (Lipinski definition) is 9. The van der Waals surface area contributed by atoms with Crippen LogP contribution in [-0.4, -0.2) is 64.4 Å². The number of carbonyl (C=O) groups excluding carboxylic acids is 3. The molecular weight excluding hydrogens is 526 g/mol. The molecular formula is C23H26ClN5O5S2. The van der Waals surface area contributed by atoms with E-state index in [9.17, 15) is 14.4 Å². The maximum absolute atomic E-state index is 12.7. The van der Waals surface area contributed by atoms with E-state index in [1.807, 2.05) is 6.92 Å². The second-order valence-electron chi connectivity index (χ2n) is 7.91. The molecule has 0 radical (unpaired) electrons. The molecule has 2 heterocycles. The molecule has 0 spiro atoms. The van der Waals surface area contributed by atoms with Crippen LogP contribution in [0.2, 0.25) is 5.02 Å². The molecule has 3 rings (SSSR count). The van der Waals surface area contributed by atoms with Crippen molar-refractivity contribution < 1.29 is 23.9 Å². The molecule has 0 aliphatic carbocycles. The molecule has 2 aromatic heterocycles. The minimum atomic E-state index is -0.629. The Labute approximate surface area is 221 Å². The number of aromatic nitrogens is 3. The maximum Gasteiger partial charge on any atom is 0.341 e. The molecule has 192 valence electrons. The van der Waals surface area contributed by atoms with Gasteiger partial charge in [0.1, 0.15) is 10.8 Å². The van der Waals surface area contributed by atoms with Gasteiger partial charge in [0.25, 0.3) is 5.91 Å². The van der Waals surface area contributed by atoms with Crippen LogP contribution in [0.25, 0.3) is 0 Å². The molecule has 0 aliphatic heterocycles. The van der Waals surface area contributed by atoms with E-state index < -0.39 is 12.1 Å². The number of carbonyl (C=O) groups is 3. The number of benzene rings is 1. The van der Waals surface area contributed by atoms with Crippen LogP contribution in [0.1, 0.15) is 44.4 Å². The first-order valence-corrected chi connectivity index (χ1v) is 12.9. The van der Waals surface area contributed by atoms with E-state index >= 15 is 0 Å². The summed E-state index contributed by atoms with van der Waals surface area (Å²) >= 11 is 8.23. The lowest BCUT2D eigenvalue weighted by atomic mass is 10.1. The van der Waals surface area contributed by atoms with Gasteiger partial charge in [0, 0.05) is 26.2 Å². The number of rotatable bonds is 9. The number of hydrogen-bond donors (Lipinski definition) is 1. The SMILES string of the molecule is COC(=O)c1c(NC(=O)CSc2nnc(C(C)Oc3cccc(Cl)c3)n2C)sc(C(=O)N(C)C)c1C. The molecule has 1 N–H and O–H groups in total. The van der Waals surface area contributed by atoms with E-state index in [1.54, 1.807) is 56.9 Å². The van der Waals surface area contributed by atoms with Crippen LogP contribution < -0.4 is 10.1 Å². The van der Waals surface area contributed by atoms with Gasteiger partial charge in [-0.3, -0.25) is 9.59 Å². The average molecular weight is 552 g/mol. The summed E-state index contributed by atoms with van der Waals surface area (Å²) in [7, 11) is 6.26. The van der Waals surface area contributed by atoms with Gasteiger partial charge in [0.2, 0.25) is 5.91 Å². The second-order valence-corrected chi connectivity index (χ2v) is 10.3. The Balaban J connectivity index is 1.69. The quantitative estimate of drug-likeness (QED) is 0.311. The van der Waals surface area contributed by atoms with Gasteiger partial charge in [0.05, 0.1) is 23.3 Å². The van der Waals surface area contributed by atoms with E-state index in [1.165, 1.54) is 23.8 Å². The lowest BCUT2D eigenvalue weighted by Gasteiger charge is -2.14. The van der Waals surface area contributed by atoms with Gasteiger partial charge in [-0.25, -0.2) is 4.79 Å². The highest BCUT2D eigenvalue weighted by atomic mass is 35.5. The van der Waals surface area contributed by atoms with Gasteiger partial charge >= 0.3 is 5.97 Å². The van der Waals surface area contributed by atoms with Crippen molar-refractivity contribution in [3.8, 4) is 5.75 Å². The lowest BCUT2D eigenvalue weighted by Crippen LogP contribution is -2.21. The summed E-state index contributed by atoms with van der Waals surface area (Å²) in [6.07, 6.45) is -0.409. The Morgan fingerprint density at radius 3 is 2.64 bits per heavy atom. The summed E-state index contributed by atoms with van der Waals surface area (Å²) in [5, 5.41) is 12.4. The van der Waals surface area contributed by atoms with Crippen molar-refractivity contribution in [1.82, 2.24) is 19.7 Å². The molecule has 1 atom stereocenters. The number of nitrogens with zero attached hydrogens (tertiary/aromatic N) is 4. The molecule has 10 nitrogen and oxygen atoms in total. The summed E-state index contributed by atoms with van der Waals surface area (Å²) in [5.74, 6) is -0.0836. The first-order chi connectivity index (χ1) is 17.0. The molecule has 1 aromatic carbocycles. The van der Waals surface area contributed by atoms with Crippen LogP contribution in [0.15, 0.2) is 29.4 Å². The van der Waals surface area contributed by atoms with E-state index in [0.717, 1.165) is 11.3 Å². The van der Waals surface area contributed by atoms with E-state index in [4.69, 9.17) is 21.1 Å². The predicted molar refractivity (Wildman–Crippen MR) is 139 cm³/mol. The van der Waals surface area contributed by atoms with Crippen molar-refractivity contribution >= 4 is 57.5 Å². The minimum absolute atomic E-state index is 0.00399. The smallest absolute Gasteiger partial charge is 0.341 e. The Hall–Kier alpha value is -3.09. The number of amides is 2. The number of nitrogens with one attached hydrogen (secondary N) is 1. The van der Waals surface area contributed by atoms with Crippen LogP contribution in [0, 0.1) is 6.92 Å². The van der Waals surface area contributed by atoms with Gasteiger partial charge in [0.15, 0.2) is 17.1 Å². The molecule has 0 saturated heterocycles. The number of anilines is 1. The van der Waals surface area contributed by atoms with Gasteiger partial charge in [-0.1, -0.05) is 29.4 Å². The summed E-state index contributed by atoms with van der Waals surface area (Å²) in [6.45, 7) is 3.49. The molecule has 0 saturated carbocycles. The number of esters is 1. The first-order valence-electron chi connectivity index (χ1n) is 10.7. The van der Waals surface area contributed by atoms with Crippen LogP contribution in [0.5, 0.6) is 5.75 Å². The third-order valence-electron chi connectivity index (χ3n) is 5.06. The molecule has 13 heteroatoms. The van der Waals surface area contributed by atoms with Crippen LogP contribution in [0.4, 0.5) is 5.00 Å². The van der Waals surface area contributed by atoms with E-state index in [2.05, 4.69) is 15.5 Å². The van der Waals surface area contributed by atoms with Crippen LogP contribution in [0.3, 0.4) is 0 Å². The summed E-state index contributed by atoms with van der Waals surface area (Å²) in [4.78, 5) is 39.3. The highest BCUT2D eigenvalue weighted by Crippen LogP contribution is 2.34. The zero-order valence-corrected chi connectivity index (χ0v) is 23.0. The monoisotopic (exact) mass is 551 g/mol. The molecule has 2 amide bonds. The Kier molecular flexibility index (Phi) is 8.98. The van der Waals surface area contributed by atoms with Gasteiger partial charge in [-0.2, -0.15) is 0 Å². The highest BCUT2D eigenvalue weighted by molar-refractivity contribution is 7.99. The Morgan fingerprint density at radius 2 is 2.00 bits per heavy atom. The third-order valence-corrected chi connectivity index (χ3v) is 7.51. The first kappa shape index (κ1) is 27.5. The van der Waals surface area contributed by atoms with Crippen LogP contribution in [-0.2, 0) is 16.6 Å². The maximum atomic E-state index is 12.7. The largest absolute Gasteiger partial charge is 0.483 e. The Morgan fingerprint density at radius 1 is 1.28 bits per heavy atom. The standard InChI is InChI=1S/C23H26ClN5O5S2/c1-12-17(22(32)33-6)20(36-18(12)21(31)28(3)4)25-16(30)11-35-23-27-26-19(29(23)5)13(2)34-15-9-7-8-14(24)10-15/h7-10,13H,11H2,1-6H3,(H,25,30). The normalized spacial score (nSPS) is 11.6. The average Bonchev–Trinajstić information content (AvgIpc) is 3.35. The van der Waals surface area contributed by atoms with E-state index in [-0.39, 0.29) is 28.1 Å². The summed E-state index contributed by atoms with van der Waals surface area (Å²) < 4.78 is 12.5. The number of thiophene rings is 1. The molecule has 1 unspecified atom stereocenters. The fourth-order valence-corrected chi connectivity index (χ4v) is 5.38. The lowest BCUT2D eigenvalue weighted by molar-refractivity contribution is -0.113. The minimum Gasteiger partial charge on any atom is -0.483 e. The van der Waals surface area contributed by atoms with Gasteiger partial charge in [-0.05, 0) is 37.6 Å². The number of methoxy groups -OCH3 is 1. The van der Waals surface area contributed by atoms with E-state index in [0.29, 0.717) is 32.2 Å².